The first-order chi connectivity index (χ1) is 15.5. The van der Waals surface area contributed by atoms with Crippen LogP contribution in [0.2, 0.25) is 0 Å². The Balaban J connectivity index is 1.13. The van der Waals surface area contributed by atoms with E-state index in [-0.39, 0.29) is 11.3 Å². The average Bonchev–Trinajstić information content (AvgIpc) is 3.41. The predicted molar refractivity (Wildman–Crippen MR) is 125 cm³/mol. The molecule has 4 aliphatic carbocycles. The van der Waals surface area contributed by atoms with E-state index in [1.807, 2.05) is 24.4 Å². The quantitative estimate of drug-likeness (QED) is 0.511. The number of aromatic nitrogens is 3. The van der Waals surface area contributed by atoms with Gasteiger partial charge in [-0.05, 0) is 81.4 Å². The summed E-state index contributed by atoms with van der Waals surface area (Å²) in [6.07, 6.45) is 7.96. The number of hydrogen-bond acceptors (Lipinski definition) is 7. The van der Waals surface area contributed by atoms with Gasteiger partial charge in [0.15, 0.2) is 0 Å². The summed E-state index contributed by atoms with van der Waals surface area (Å²) in [6.45, 7) is 2.36. The van der Waals surface area contributed by atoms with E-state index >= 15 is 0 Å². The molecule has 1 amide bonds. The summed E-state index contributed by atoms with van der Waals surface area (Å²) in [7, 11) is 0. The molecule has 8 heteroatoms. The second-order valence-electron chi connectivity index (χ2n) is 9.74. The zero-order chi connectivity index (χ0) is 21.7. The van der Waals surface area contributed by atoms with Gasteiger partial charge >= 0.3 is 0 Å². The fraction of sp³-hybridized carbons (Fsp3) is 0.500. The predicted octanol–water partition coefficient (Wildman–Crippen LogP) is 5.60. The number of amides is 1. The number of benzene rings is 1. The highest BCUT2D eigenvalue weighted by Gasteiger charge is 2.53. The summed E-state index contributed by atoms with van der Waals surface area (Å²) >= 11 is 3.17. The standard InChI is InChI=1S/C24H26N4O2S2/c1-14-25-19(13-31-14)12-30-20-4-2-3-18(8-20)21(29)26-23-28-27-22(32-23)24-9-15-5-16(10-24)7-17(6-15)11-24/h2-4,8,13,15-17H,5-7,9-12H2,1H3,(H,26,28,29). The van der Waals surface area contributed by atoms with E-state index in [0.29, 0.717) is 23.1 Å². The summed E-state index contributed by atoms with van der Waals surface area (Å²) < 4.78 is 5.83. The lowest BCUT2D eigenvalue weighted by Crippen LogP contribution is -2.48. The lowest BCUT2D eigenvalue weighted by Gasteiger charge is -2.55. The molecule has 32 heavy (non-hydrogen) atoms. The molecule has 2 heterocycles. The number of aryl methyl sites for hydroxylation is 1. The molecular formula is C24H26N4O2S2. The fourth-order valence-corrected chi connectivity index (χ4v) is 7.94. The van der Waals surface area contributed by atoms with E-state index in [0.717, 1.165) is 33.5 Å². The van der Waals surface area contributed by atoms with Crippen molar-refractivity contribution < 1.29 is 9.53 Å². The first-order valence-electron chi connectivity index (χ1n) is 11.3. The third-order valence-electron chi connectivity index (χ3n) is 7.29. The smallest absolute Gasteiger partial charge is 0.257 e. The average molecular weight is 467 g/mol. The molecule has 0 atom stereocenters. The van der Waals surface area contributed by atoms with Crippen molar-refractivity contribution in [1.82, 2.24) is 15.2 Å². The minimum Gasteiger partial charge on any atom is -0.487 e. The molecule has 0 saturated heterocycles. The molecule has 0 spiro atoms. The third-order valence-corrected chi connectivity index (χ3v) is 9.19. The topological polar surface area (TPSA) is 77.0 Å². The number of thiazole rings is 1. The van der Waals surface area contributed by atoms with Crippen molar-refractivity contribution in [3.63, 3.8) is 0 Å². The van der Waals surface area contributed by atoms with Gasteiger partial charge in [0.2, 0.25) is 5.13 Å². The van der Waals surface area contributed by atoms with E-state index < -0.39 is 0 Å². The molecule has 4 fully saturated rings. The van der Waals surface area contributed by atoms with Crippen molar-refractivity contribution in [3.8, 4) is 5.75 Å². The number of hydrogen-bond donors (Lipinski definition) is 1. The monoisotopic (exact) mass is 466 g/mol. The van der Waals surface area contributed by atoms with Gasteiger partial charge < -0.3 is 4.74 Å². The molecular weight excluding hydrogens is 440 g/mol. The van der Waals surface area contributed by atoms with Crippen LogP contribution in [-0.4, -0.2) is 21.1 Å². The van der Waals surface area contributed by atoms with Gasteiger partial charge in [-0.15, -0.1) is 21.5 Å². The Hall–Kier alpha value is -2.32. The molecule has 6 nitrogen and oxygen atoms in total. The van der Waals surface area contributed by atoms with Crippen LogP contribution in [-0.2, 0) is 12.0 Å². The van der Waals surface area contributed by atoms with Crippen LogP contribution in [0.4, 0.5) is 5.13 Å². The number of carbonyl (C=O) groups excluding carboxylic acids is 1. The van der Waals surface area contributed by atoms with E-state index in [1.54, 1.807) is 34.8 Å². The van der Waals surface area contributed by atoms with Gasteiger partial charge in [-0.3, -0.25) is 10.1 Å². The Morgan fingerprint density at radius 2 is 1.91 bits per heavy atom. The molecule has 4 aliphatic rings. The van der Waals surface area contributed by atoms with Crippen LogP contribution in [0.5, 0.6) is 5.75 Å². The second kappa shape index (κ2) is 7.92. The molecule has 4 bridgehead atoms. The normalized spacial score (nSPS) is 28.1. The number of nitrogens with one attached hydrogen (secondary N) is 1. The highest BCUT2D eigenvalue weighted by atomic mass is 32.1. The van der Waals surface area contributed by atoms with E-state index in [1.165, 1.54) is 38.5 Å². The Kier molecular flexibility index (Phi) is 5.02. The van der Waals surface area contributed by atoms with E-state index in [2.05, 4.69) is 20.5 Å². The summed E-state index contributed by atoms with van der Waals surface area (Å²) in [5.41, 5.74) is 1.65. The number of rotatable bonds is 6. The van der Waals surface area contributed by atoms with Gasteiger partial charge in [0.05, 0.1) is 10.7 Å². The maximum absolute atomic E-state index is 12.9. The Bertz CT molecular complexity index is 1120. The van der Waals surface area contributed by atoms with Crippen LogP contribution < -0.4 is 10.1 Å². The fourth-order valence-electron chi connectivity index (χ4n) is 6.39. The Morgan fingerprint density at radius 3 is 2.59 bits per heavy atom. The molecule has 2 aromatic heterocycles. The molecule has 0 unspecified atom stereocenters. The molecule has 4 saturated carbocycles. The lowest BCUT2D eigenvalue weighted by molar-refractivity contribution is -0.00555. The van der Waals surface area contributed by atoms with Gasteiger partial charge in [0, 0.05) is 16.4 Å². The first kappa shape index (κ1) is 20.3. The van der Waals surface area contributed by atoms with Crippen LogP contribution in [0.1, 0.15) is 64.6 Å². The number of carbonyl (C=O) groups is 1. The van der Waals surface area contributed by atoms with Crippen molar-refractivity contribution >= 4 is 33.7 Å². The second-order valence-corrected chi connectivity index (χ2v) is 11.8. The maximum atomic E-state index is 12.9. The first-order valence-corrected chi connectivity index (χ1v) is 13.0. The summed E-state index contributed by atoms with van der Waals surface area (Å²) in [5, 5.41) is 16.6. The highest BCUT2D eigenvalue weighted by molar-refractivity contribution is 7.15. The minimum absolute atomic E-state index is 0.187. The number of anilines is 1. The van der Waals surface area contributed by atoms with Gasteiger partial charge in [0.25, 0.3) is 5.91 Å². The molecule has 7 rings (SSSR count). The van der Waals surface area contributed by atoms with Crippen molar-refractivity contribution in [2.45, 2.75) is 57.5 Å². The number of ether oxygens (including phenoxy) is 1. The van der Waals surface area contributed by atoms with Crippen LogP contribution in [0, 0.1) is 24.7 Å². The molecule has 1 aromatic carbocycles. The Morgan fingerprint density at radius 1 is 1.16 bits per heavy atom. The molecule has 1 N–H and O–H groups in total. The number of nitrogens with zero attached hydrogens (tertiary/aromatic N) is 3. The van der Waals surface area contributed by atoms with Gasteiger partial charge in [-0.2, -0.15) is 0 Å². The third kappa shape index (κ3) is 3.83. The van der Waals surface area contributed by atoms with Crippen LogP contribution >= 0.6 is 22.7 Å². The molecule has 3 aromatic rings. The van der Waals surface area contributed by atoms with Gasteiger partial charge in [0.1, 0.15) is 17.4 Å². The van der Waals surface area contributed by atoms with Crippen molar-refractivity contribution in [2.75, 3.05) is 5.32 Å². The SMILES string of the molecule is Cc1nc(COc2cccc(C(=O)Nc3nnc(C45CC6CC(CC(C6)C4)C5)s3)c2)cs1. The largest absolute Gasteiger partial charge is 0.487 e. The molecule has 0 radical (unpaired) electrons. The summed E-state index contributed by atoms with van der Waals surface area (Å²) in [4.78, 5) is 17.3. The van der Waals surface area contributed by atoms with Crippen LogP contribution in [0.3, 0.4) is 0 Å². The zero-order valence-corrected chi connectivity index (χ0v) is 19.7. The molecule has 0 aliphatic heterocycles. The van der Waals surface area contributed by atoms with E-state index in [4.69, 9.17) is 4.74 Å². The highest BCUT2D eigenvalue weighted by Crippen LogP contribution is 2.61. The zero-order valence-electron chi connectivity index (χ0n) is 18.0. The van der Waals surface area contributed by atoms with Crippen LogP contribution in [0.25, 0.3) is 0 Å². The van der Waals surface area contributed by atoms with Crippen molar-refractivity contribution in [2.24, 2.45) is 17.8 Å². The van der Waals surface area contributed by atoms with Gasteiger partial charge in [-0.1, -0.05) is 17.4 Å². The van der Waals surface area contributed by atoms with Crippen LogP contribution in [0.15, 0.2) is 29.6 Å². The summed E-state index contributed by atoms with van der Waals surface area (Å²) in [5.74, 6) is 3.04. The van der Waals surface area contributed by atoms with E-state index in [9.17, 15) is 4.79 Å². The maximum Gasteiger partial charge on any atom is 0.257 e. The van der Waals surface area contributed by atoms with Crippen molar-refractivity contribution in [1.29, 1.82) is 0 Å². The minimum atomic E-state index is -0.187. The van der Waals surface area contributed by atoms with Crippen molar-refractivity contribution in [3.05, 3.63) is 50.9 Å². The lowest BCUT2D eigenvalue weighted by atomic mass is 9.50. The Labute approximate surface area is 195 Å². The molecule has 166 valence electrons. The van der Waals surface area contributed by atoms with Gasteiger partial charge in [-0.25, -0.2) is 4.98 Å². The summed E-state index contributed by atoms with van der Waals surface area (Å²) in [6, 6.07) is 7.23.